The largest absolute Gasteiger partial charge is 0.313 e. The molecule has 4 nitrogen and oxygen atoms in total. The second-order valence-corrected chi connectivity index (χ2v) is 4.43. The summed E-state index contributed by atoms with van der Waals surface area (Å²) >= 11 is 5.92. The van der Waals surface area contributed by atoms with E-state index < -0.39 is 0 Å². The summed E-state index contributed by atoms with van der Waals surface area (Å²) in [6, 6.07) is 0.587. The molecule has 88 valence electrons. The fourth-order valence-corrected chi connectivity index (χ4v) is 2.10. The van der Waals surface area contributed by atoms with Crippen LogP contribution >= 0.6 is 11.6 Å². The highest BCUT2D eigenvalue weighted by atomic mass is 35.5. The molecule has 1 aromatic heterocycles. The number of nitrogens with one attached hydrogen (secondary N) is 2. The van der Waals surface area contributed by atoms with Crippen LogP contribution in [0, 0.1) is 0 Å². The van der Waals surface area contributed by atoms with Gasteiger partial charge in [-0.25, -0.2) is 4.98 Å². The summed E-state index contributed by atoms with van der Waals surface area (Å²) in [4.78, 5) is 8.18. The van der Waals surface area contributed by atoms with Gasteiger partial charge in [0.05, 0.1) is 5.69 Å². The topological polar surface area (TPSA) is 49.8 Å². The van der Waals surface area contributed by atoms with Crippen molar-refractivity contribution in [1.82, 2.24) is 20.6 Å². The molecule has 1 aliphatic rings. The van der Waals surface area contributed by atoms with E-state index in [1.165, 1.54) is 19.3 Å². The van der Waals surface area contributed by atoms with Gasteiger partial charge in [0.25, 0.3) is 0 Å². The lowest BCUT2D eigenvalue weighted by Gasteiger charge is -2.23. The highest BCUT2D eigenvalue weighted by molar-refractivity contribution is 6.29. The van der Waals surface area contributed by atoms with Crippen LogP contribution in [-0.4, -0.2) is 29.1 Å². The highest BCUT2D eigenvalue weighted by Crippen LogP contribution is 2.09. The maximum atomic E-state index is 5.92. The van der Waals surface area contributed by atoms with Gasteiger partial charge in [0.1, 0.15) is 0 Å². The summed E-state index contributed by atoms with van der Waals surface area (Å²) < 4.78 is 0. The molecule has 2 rings (SSSR count). The van der Waals surface area contributed by atoms with E-state index in [-0.39, 0.29) is 0 Å². The van der Waals surface area contributed by atoms with Crippen LogP contribution in [0.25, 0.3) is 0 Å². The smallest absolute Gasteiger partial charge is 0.151 e. The molecule has 1 saturated heterocycles. The van der Waals surface area contributed by atoms with Gasteiger partial charge in [-0.05, 0) is 19.4 Å². The Bertz CT molecular complexity index is 326. The first-order chi connectivity index (χ1) is 7.86. The zero-order valence-corrected chi connectivity index (χ0v) is 10.0. The molecule has 1 unspecified atom stereocenters. The summed E-state index contributed by atoms with van der Waals surface area (Å²) in [5.41, 5.74) is 0.819. The first-order valence-electron chi connectivity index (χ1n) is 5.76. The van der Waals surface area contributed by atoms with Crippen molar-refractivity contribution in [2.45, 2.75) is 31.8 Å². The standard InChI is InChI=1S/C11H17ClN4/c12-11-10(15-5-6-16-11)8-13-7-9-3-1-2-4-14-9/h5-6,9,13-14H,1-4,7-8H2. The minimum Gasteiger partial charge on any atom is -0.313 e. The third-order valence-electron chi connectivity index (χ3n) is 2.82. The van der Waals surface area contributed by atoms with Gasteiger partial charge in [0.2, 0.25) is 0 Å². The van der Waals surface area contributed by atoms with Gasteiger partial charge in [-0.1, -0.05) is 18.0 Å². The third kappa shape index (κ3) is 3.40. The predicted molar refractivity (Wildman–Crippen MR) is 64.4 cm³/mol. The lowest BCUT2D eigenvalue weighted by Crippen LogP contribution is -2.41. The lowest BCUT2D eigenvalue weighted by atomic mass is 10.1. The van der Waals surface area contributed by atoms with E-state index in [0.29, 0.717) is 17.7 Å². The van der Waals surface area contributed by atoms with Crippen LogP contribution in [0.15, 0.2) is 12.4 Å². The zero-order valence-electron chi connectivity index (χ0n) is 9.25. The average Bonchev–Trinajstić information content (AvgIpc) is 2.33. The predicted octanol–water partition coefficient (Wildman–Crippen LogP) is 1.36. The van der Waals surface area contributed by atoms with Gasteiger partial charge in [-0.2, -0.15) is 0 Å². The number of hydrogen-bond acceptors (Lipinski definition) is 4. The van der Waals surface area contributed by atoms with E-state index in [1.807, 2.05) is 0 Å². The molecule has 0 saturated carbocycles. The highest BCUT2D eigenvalue weighted by Gasteiger charge is 2.11. The monoisotopic (exact) mass is 240 g/mol. The van der Waals surface area contributed by atoms with Gasteiger partial charge in [0.15, 0.2) is 5.15 Å². The molecule has 0 spiro atoms. The Hall–Kier alpha value is -0.710. The molecule has 0 aromatic carbocycles. The second kappa shape index (κ2) is 6.13. The summed E-state index contributed by atoms with van der Waals surface area (Å²) in [5, 5.41) is 7.34. The number of piperidine rings is 1. The van der Waals surface area contributed by atoms with Crippen molar-refractivity contribution in [2.75, 3.05) is 13.1 Å². The minimum atomic E-state index is 0.492. The number of halogens is 1. The Labute approximate surface area is 101 Å². The van der Waals surface area contributed by atoms with Gasteiger partial charge in [-0.3, -0.25) is 4.98 Å². The summed E-state index contributed by atoms with van der Waals surface area (Å²) in [5.74, 6) is 0. The minimum absolute atomic E-state index is 0.492. The number of aromatic nitrogens is 2. The van der Waals surface area contributed by atoms with Crippen molar-refractivity contribution in [3.8, 4) is 0 Å². The third-order valence-corrected chi connectivity index (χ3v) is 3.13. The first kappa shape index (κ1) is 11.8. The van der Waals surface area contributed by atoms with Crippen molar-refractivity contribution >= 4 is 11.6 Å². The van der Waals surface area contributed by atoms with Crippen LogP contribution in [0.4, 0.5) is 0 Å². The van der Waals surface area contributed by atoms with Gasteiger partial charge in [0, 0.05) is 31.5 Å². The van der Waals surface area contributed by atoms with Crippen molar-refractivity contribution < 1.29 is 0 Å². The summed E-state index contributed by atoms with van der Waals surface area (Å²) in [6.07, 6.45) is 7.15. The fourth-order valence-electron chi connectivity index (χ4n) is 1.93. The Kier molecular flexibility index (Phi) is 4.51. The molecule has 0 amide bonds. The van der Waals surface area contributed by atoms with E-state index in [0.717, 1.165) is 18.8 Å². The van der Waals surface area contributed by atoms with Crippen molar-refractivity contribution in [3.05, 3.63) is 23.2 Å². The zero-order chi connectivity index (χ0) is 11.2. The molecule has 1 aliphatic heterocycles. The Morgan fingerprint density at radius 1 is 1.38 bits per heavy atom. The van der Waals surface area contributed by atoms with Crippen molar-refractivity contribution in [1.29, 1.82) is 0 Å². The van der Waals surface area contributed by atoms with E-state index in [9.17, 15) is 0 Å². The number of hydrogen-bond donors (Lipinski definition) is 2. The first-order valence-corrected chi connectivity index (χ1v) is 6.13. The molecule has 0 aliphatic carbocycles. The van der Waals surface area contributed by atoms with Crippen LogP contribution in [0.3, 0.4) is 0 Å². The van der Waals surface area contributed by atoms with Crippen LogP contribution in [0.2, 0.25) is 5.15 Å². The fraction of sp³-hybridized carbons (Fsp3) is 0.636. The molecule has 1 fully saturated rings. The molecule has 0 bridgehead atoms. The number of nitrogens with zero attached hydrogens (tertiary/aromatic N) is 2. The van der Waals surface area contributed by atoms with Crippen LogP contribution in [0.1, 0.15) is 25.0 Å². The summed E-state index contributed by atoms with van der Waals surface area (Å²) in [7, 11) is 0. The van der Waals surface area contributed by atoms with Gasteiger partial charge in [-0.15, -0.1) is 0 Å². The molecule has 1 aromatic rings. The van der Waals surface area contributed by atoms with Crippen LogP contribution in [-0.2, 0) is 6.54 Å². The molecular formula is C11H17ClN4. The summed E-state index contributed by atoms with van der Waals surface area (Å²) in [6.45, 7) is 2.79. The van der Waals surface area contributed by atoms with Gasteiger partial charge >= 0.3 is 0 Å². The number of rotatable bonds is 4. The SMILES string of the molecule is Clc1nccnc1CNCC1CCCCN1. The second-order valence-electron chi connectivity index (χ2n) is 4.07. The Morgan fingerprint density at radius 2 is 2.25 bits per heavy atom. The van der Waals surface area contributed by atoms with E-state index in [1.54, 1.807) is 12.4 Å². The normalized spacial score (nSPS) is 20.9. The van der Waals surface area contributed by atoms with Gasteiger partial charge < -0.3 is 10.6 Å². The molecule has 2 heterocycles. The van der Waals surface area contributed by atoms with Crippen molar-refractivity contribution in [3.63, 3.8) is 0 Å². The van der Waals surface area contributed by atoms with E-state index >= 15 is 0 Å². The lowest BCUT2D eigenvalue weighted by molar-refractivity contribution is 0.382. The quantitative estimate of drug-likeness (QED) is 0.835. The maximum absolute atomic E-state index is 5.92. The van der Waals surface area contributed by atoms with Crippen LogP contribution in [0.5, 0.6) is 0 Å². The molecule has 16 heavy (non-hydrogen) atoms. The molecule has 0 radical (unpaired) electrons. The van der Waals surface area contributed by atoms with Crippen LogP contribution < -0.4 is 10.6 Å². The Balaban J connectivity index is 1.73. The Morgan fingerprint density at radius 3 is 3.00 bits per heavy atom. The average molecular weight is 241 g/mol. The van der Waals surface area contributed by atoms with E-state index in [2.05, 4.69) is 20.6 Å². The van der Waals surface area contributed by atoms with Crippen molar-refractivity contribution in [2.24, 2.45) is 0 Å². The molecule has 2 N–H and O–H groups in total. The molecule has 5 heteroatoms. The maximum Gasteiger partial charge on any atom is 0.151 e. The molecule has 1 atom stereocenters. The van der Waals surface area contributed by atoms with E-state index in [4.69, 9.17) is 11.6 Å². The molecular weight excluding hydrogens is 224 g/mol.